The molecule has 0 radical (unpaired) electrons. The molecule has 0 aromatic heterocycles. The average molecular weight is 439 g/mol. The number of carbonyl (C=O) groups excluding carboxylic acids is 2. The second-order valence-corrected chi connectivity index (χ2v) is 9.09. The molecular weight excluding hydrogens is 419 g/mol. The van der Waals surface area contributed by atoms with E-state index in [0.29, 0.717) is 5.56 Å². The van der Waals surface area contributed by atoms with Crippen LogP contribution in [0.2, 0.25) is 5.02 Å². The molecule has 0 spiro atoms. The number of sulfonamides is 1. The van der Waals surface area contributed by atoms with E-state index in [0.717, 1.165) is 0 Å². The summed E-state index contributed by atoms with van der Waals surface area (Å²) in [6, 6.07) is 10.1. The van der Waals surface area contributed by atoms with Crippen molar-refractivity contribution in [1.29, 1.82) is 0 Å². The van der Waals surface area contributed by atoms with Gasteiger partial charge in [0, 0.05) is 42.3 Å². The van der Waals surface area contributed by atoms with E-state index in [-0.39, 0.29) is 59.8 Å². The van der Waals surface area contributed by atoms with E-state index in [4.69, 9.17) is 11.6 Å². The van der Waals surface area contributed by atoms with Crippen LogP contribution in [0.1, 0.15) is 22.8 Å². The number of hydrogen-bond donors (Lipinski definition) is 0. The predicted molar refractivity (Wildman–Crippen MR) is 107 cm³/mol. The van der Waals surface area contributed by atoms with Crippen LogP contribution in [0, 0.1) is 5.82 Å². The largest absolute Gasteiger partial charge is 0.340 e. The highest BCUT2D eigenvalue weighted by Gasteiger charge is 2.30. The fourth-order valence-corrected chi connectivity index (χ4v) is 4.87. The SMILES string of the molecule is CC(=O)c1cccc(S(=O)(=O)N2CCN(C(=O)Cc3c(F)cccc3Cl)CC2)c1. The summed E-state index contributed by atoms with van der Waals surface area (Å²) in [5, 5.41) is 0.185. The lowest BCUT2D eigenvalue weighted by Gasteiger charge is -2.34. The first-order chi connectivity index (χ1) is 13.7. The third-order valence-electron chi connectivity index (χ3n) is 4.86. The molecule has 29 heavy (non-hydrogen) atoms. The van der Waals surface area contributed by atoms with Crippen molar-refractivity contribution in [3.63, 3.8) is 0 Å². The Bertz CT molecular complexity index is 1030. The van der Waals surface area contributed by atoms with Crippen LogP contribution in [0.25, 0.3) is 0 Å². The average Bonchev–Trinajstić information content (AvgIpc) is 2.71. The normalized spacial score (nSPS) is 15.3. The maximum Gasteiger partial charge on any atom is 0.243 e. The second kappa shape index (κ2) is 8.61. The van der Waals surface area contributed by atoms with E-state index in [1.54, 1.807) is 6.07 Å². The summed E-state index contributed by atoms with van der Waals surface area (Å²) in [5.41, 5.74) is 0.455. The Hall–Kier alpha value is -2.29. The summed E-state index contributed by atoms with van der Waals surface area (Å²) < 4.78 is 40.9. The number of ketones is 1. The molecule has 0 aliphatic carbocycles. The maximum absolute atomic E-state index is 13.9. The molecule has 1 fully saturated rings. The minimum Gasteiger partial charge on any atom is -0.340 e. The van der Waals surface area contributed by atoms with Crippen molar-refractivity contribution in [1.82, 2.24) is 9.21 Å². The van der Waals surface area contributed by atoms with Gasteiger partial charge in [0.05, 0.1) is 11.3 Å². The smallest absolute Gasteiger partial charge is 0.243 e. The van der Waals surface area contributed by atoms with Crippen molar-refractivity contribution in [3.05, 3.63) is 64.4 Å². The number of benzene rings is 2. The number of Topliss-reactive ketones (excluding diaryl/α,β-unsaturated/α-hetero) is 1. The van der Waals surface area contributed by atoms with Crippen LogP contribution in [-0.2, 0) is 21.2 Å². The van der Waals surface area contributed by atoms with E-state index in [1.165, 1.54) is 52.5 Å². The van der Waals surface area contributed by atoms with Crippen molar-refractivity contribution in [2.24, 2.45) is 0 Å². The van der Waals surface area contributed by atoms with Gasteiger partial charge in [-0.2, -0.15) is 4.31 Å². The summed E-state index contributed by atoms with van der Waals surface area (Å²) in [4.78, 5) is 25.6. The molecule has 1 amide bonds. The van der Waals surface area contributed by atoms with Crippen LogP contribution in [0.4, 0.5) is 4.39 Å². The van der Waals surface area contributed by atoms with Gasteiger partial charge in [-0.15, -0.1) is 0 Å². The zero-order valence-electron chi connectivity index (χ0n) is 15.8. The highest BCUT2D eigenvalue weighted by atomic mass is 35.5. The number of carbonyl (C=O) groups is 2. The lowest BCUT2D eigenvalue weighted by molar-refractivity contribution is -0.131. The highest BCUT2D eigenvalue weighted by molar-refractivity contribution is 7.89. The van der Waals surface area contributed by atoms with Crippen LogP contribution in [0.15, 0.2) is 47.4 Å². The van der Waals surface area contributed by atoms with Gasteiger partial charge in [0.15, 0.2) is 5.78 Å². The first kappa shape index (κ1) is 21.4. The Balaban J connectivity index is 1.67. The van der Waals surface area contributed by atoms with E-state index < -0.39 is 15.8 Å². The lowest BCUT2D eigenvalue weighted by atomic mass is 10.1. The first-order valence-electron chi connectivity index (χ1n) is 9.02. The first-order valence-corrected chi connectivity index (χ1v) is 10.8. The van der Waals surface area contributed by atoms with Gasteiger partial charge >= 0.3 is 0 Å². The van der Waals surface area contributed by atoms with E-state index in [9.17, 15) is 22.4 Å². The third kappa shape index (κ3) is 4.66. The van der Waals surface area contributed by atoms with Crippen LogP contribution in [-0.4, -0.2) is 55.5 Å². The fourth-order valence-electron chi connectivity index (χ4n) is 3.17. The molecule has 2 aromatic rings. The van der Waals surface area contributed by atoms with Gasteiger partial charge in [-0.3, -0.25) is 9.59 Å². The Morgan fingerprint density at radius 1 is 1.07 bits per heavy atom. The van der Waals surface area contributed by atoms with Gasteiger partial charge < -0.3 is 4.90 Å². The van der Waals surface area contributed by atoms with Crippen LogP contribution in [0.5, 0.6) is 0 Å². The molecule has 1 aliphatic heterocycles. The zero-order valence-corrected chi connectivity index (χ0v) is 17.3. The molecule has 1 aliphatic rings. The van der Waals surface area contributed by atoms with E-state index in [1.807, 2.05) is 0 Å². The number of piperazine rings is 1. The topological polar surface area (TPSA) is 74.8 Å². The van der Waals surface area contributed by atoms with E-state index >= 15 is 0 Å². The molecule has 6 nitrogen and oxygen atoms in total. The number of amides is 1. The molecule has 0 atom stereocenters. The van der Waals surface area contributed by atoms with Gasteiger partial charge in [0.2, 0.25) is 15.9 Å². The highest BCUT2D eigenvalue weighted by Crippen LogP contribution is 2.22. The van der Waals surface area contributed by atoms with Gasteiger partial charge in [-0.25, -0.2) is 12.8 Å². The third-order valence-corrected chi connectivity index (χ3v) is 7.11. The van der Waals surface area contributed by atoms with Crippen LogP contribution < -0.4 is 0 Å². The van der Waals surface area contributed by atoms with Crippen LogP contribution >= 0.6 is 11.6 Å². The Morgan fingerprint density at radius 3 is 2.34 bits per heavy atom. The Morgan fingerprint density at radius 2 is 1.72 bits per heavy atom. The Labute approximate surface area is 173 Å². The quantitative estimate of drug-likeness (QED) is 0.673. The molecule has 9 heteroatoms. The molecule has 3 rings (SSSR count). The number of rotatable bonds is 5. The number of hydrogen-bond acceptors (Lipinski definition) is 4. The summed E-state index contributed by atoms with van der Waals surface area (Å²) in [7, 11) is -3.78. The maximum atomic E-state index is 13.9. The number of halogens is 2. The van der Waals surface area contributed by atoms with Crippen molar-refractivity contribution in [3.8, 4) is 0 Å². The van der Waals surface area contributed by atoms with Crippen molar-refractivity contribution in [2.75, 3.05) is 26.2 Å². The van der Waals surface area contributed by atoms with Crippen molar-refractivity contribution < 1.29 is 22.4 Å². The summed E-state index contributed by atoms with van der Waals surface area (Å²) in [6.07, 6.45) is -0.182. The molecule has 0 saturated carbocycles. The molecule has 0 N–H and O–H groups in total. The molecule has 0 unspecified atom stereocenters. The van der Waals surface area contributed by atoms with Crippen LogP contribution in [0.3, 0.4) is 0 Å². The minimum absolute atomic E-state index is 0.0446. The van der Waals surface area contributed by atoms with Gasteiger partial charge in [0.25, 0.3) is 0 Å². The molecular formula is C20H20ClFN2O4S. The standard InChI is InChI=1S/C20H20ClFN2O4S/c1-14(25)15-4-2-5-16(12-15)29(27,28)24-10-8-23(9-11-24)20(26)13-17-18(21)6-3-7-19(17)22/h2-7,12H,8-11,13H2,1H3. The Kier molecular flexibility index (Phi) is 6.36. The monoisotopic (exact) mass is 438 g/mol. The van der Waals surface area contributed by atoms with E-state index in [2.05, 4.69) is 0 Å². The second-order valence-electron chi connectivity index (χ2n) is 6.75. The molecule has 1 heterocycles. The summed E-state index contributed by atoms with van der Waals surface area (Å²) in [6.45, 7) is 1.98. The van der Waals surface area contributed by atoms with Crippen molar-refractivity contribution >= 4 is 33.3 Å². The van der Waals surface area contributed by atoms with Gasteiger partial charge in [0.1, 0.15) is 5.82 Å². The van der Waals surface area contributed by atoms with Crippen molar-refractivity contribution in [2.45, 2.75) is 18.2 Å². The van der Waals surface area contributed by atoms with Gasteiger partial charge in [-0.05, 0) is 31.2 Å². The minimum atomic E-state index is -3.78. The zero-order chi connectivity index (χ0) is 21.2. The van der Waals surface area contributed by atoms with Gasteiger partial charge in [-0.1, -0.05) is 29.8 Å². The summed E-state index contributed by atoms with van der Waals surface area (Å²) >= 11 is 5.98. The molecule has 0 bridgehead atoms. The summed E-state index contributed by atoms with van der Waals surface area (Å²) in [5.74, 6) is -1.07. The lowest BCUT2D eigenvalue weighted by Crippen LogP contribution is -2.50. The molecule has 1 saturated heterocycles. The predicted octanol–water partition coefficient (Wildman–Crippen LogP) is 2.76. The molecule has 2 aromatic carbocycles. The molecule has 154 valence electrons. The number of nitrogens with zero attached hydrogens (tertiary/aromatic N) is 2. The fraction of sp³-hybridized carbons (Fsp3) is 0.300.